The van der Waals surface area contributed by atoms with Crippen LogP contribution in [0.2, 0.25) is 10.0 Å². The summed E-state index contributed by atoms with van der Waals surface area (Å²) in [5, 5.41) is 1.58. The van der Waals surface area contributed by atoms with Crippen LogP contribution in [0.4, 0.5) is 4.39 Å². The largest absolute Gasteiger partial charge is 0.487 e. The zero-order valence-corrected chi connectivity index (χ0v) is 14.8. The summed E-state index contributed by atoms with van der Waals surface area (Å²) in [6, 6.07) is 7.87. The standard InChI is InChI=1S/C14H9Br2Cl2FO/c15-6-9-3-10(17)4-13(18)14(9)20-7-8-1-2-11(19)5-12(8)16/h1-5H,6-7H2. The molecule has 0 aromatic heterocycles. The lowest BCUT2D eigenvalue weighted by Crippen LogP contribution is -2.00. The van der Waals surface area contributed by atoms with Crippen LogP contribution < -0.4 is 4.74 Å². The first-order chi connectivity index (χ1) is 9.51. The fraction of sp³-hybridized carbons (Fsp3) is 0.143. The molecule has 106 valence electrons. The SMILES string of the molecule is Fc1ccc(COc2c(Cl)cc(Cl)cc2CBr)c(Br)c1. The smallest absolute Gasteiger partial charge is 0.142 e. The number of rotatable bonds is 4. The summed E-state index contributed by atoms with van der Waals surface area (Å²) in [6.07, 6.45) is 0. The second-order valence-corrected chi connectivity index (χ2v) is 6.29. The molecule has 0 spiro atoms. The highest BCUT2D eigenvalue weighted by atomic mass is 79.9. The number of ether oxygens (including phenoxy) is 1. The Hall–Kier alpha value is -0.290. The van der Waals surface area contributed by atoms with E-state index < -0.39 is 0 Å². The molecule has 0 radical (unpaired) electrons. The topological polar surface area (TPSA) is 9.23 Å². The summed E-state index contributed by atoms with van der Waals surface area (Å²) in [4.78, 5) is 0. The van der Waals surface area contributed by atoms with Crippen LogP contribution in [0.1, 0.15) is 11.1 Å². The normalized spacial score (nSPS) is 10.7. The Morgan fingerprint density at radius 2 is 1.85 bits per heavy atom. The lowest BCUT2D eigenvalue weighted by Gasteiger charge is -2.13. The molecular formula is C14H9Br2Cl2FO. The average molecular weight is 443 g/mol. The van der Waals surface area contributed by atoms with Gasteiger partial charge in [0.05, 0.1) is 5.02 Å². The summed E-state index contributed by atoms with van der Waals surface area (Å²) in [7, 11) is 0. The van der Waals surface area contributed by atoms with Crippen molar-refractivity contribution in [3.05, 3.63) is 61.8 Å². The van der Waals surface area contributed by atoms with Crippen LogP contribution in [0.3, 0.4) is 0 Å². The number of halogens is 5. The van der Waals surface area contributed by atoms with Crippen molar-refractivity contribution >= 4 is 55.1 Å². The molecule has 0 aliphatic carbocycles. The third-order valence-corrected chi connectivity index (χ3v) is 4.46. The van der Waals surface area contributed by atoms with Gasteiger partial charge in [-0.1, -0.05) is 61.1 Å². The lowest BCUT2D eigenvalue weighted by atomic mass is 10.2. The van der Waals surface area contributed by atoms with Crippen LogP contribution >= 0.6 is 55.1 Å². The van der Waals surface area contributed by atoms with Gasteiger partial charge in [-0.15, -0.1) is 0 Å². The molecule has 2 aromatic carbocycles. The predicted octanol–water partition coefficient (Wildman–Crippen LogP) is 6.37. The van der Waals surface area contributed by atoms with E-state index >= 15 is 0 Å². The molecule has 2 aromatic rings. The van der Waals surface area contributed by atoms with E-state index in [1.165, 1.54) is 12.1 Å². The molecule has 0 bridgehead atoms. The molecule has 20 heavy (non-hydrogen) atoms. The highest BCUT2D eigenvalue weighted by Crippen LogP contribution is 2.34. The molecular weight excluding hydrogens is 434 g/mol. The van der Waals surface area contributed by atoms with Gasteiger partial charge < -0.3 is 4.74 Å². The number of hydrogen-bond acceptors (Lipinski definition) is 1. The minimum atomic E-state index is -0.300. The molecule has 0 aliphatic rings. The molecule has 0 saturated carbocycles. The number of benzene rings is 2. The maximum atomic E-state index is 13.0. The van der Waals surface area contributed by atoms with Gasteiger partial charge in [-0.05, 0) is 24.3 Å². The molecule has 0 heterocycles. The van der Waals surface area contributed by atoms with Crippen LogP contribution in [0.15, 0.2) is 34.8 Å². The maximum absolute atomic E-state index is 13.0. The number of hydrogen-bond donors (Lipinski definition) is 0. The summed E-state index contributed by atoms with van der Waals surface area (Å²) in [5.74, 6) is 0.274. The first-order valence-electron chi connectivity index (χ1n) is 5.62. The minimum absolute atomic E-state index is 0.280. The molecule has 0 aliphatic heterocycles. The van der Waals surface area contributed by atoms with Gasteiger partial charge in [-0.25, -0.2) is 4.39 Å². The van der Waals surface area contributed by atoms with Crippen molar-refractivity contribution < 1.29 is 9.13 Å². The monoisotopic (exact) mass is 440 g/mol. The summed E-state index contributed by atoms with van der Waals surface area (Å²) >= 11 is 18.8. The van der Waals surface area contributed by atoms with E-state index in [9.17, 15) is 4.39 Å². The summed E-state index contributed by atoms with van der Waals surface area (Å²) in [6.45, 7) is 0.280. The number of alkyl halides is 1. The molecule has 0 amide bonds. The van der Waals surface area contributed by atoms with Gasteiger partial charge in [0.2, 0.25) is 0 Å². The lowest BCUT2D eigenvalue weighted by molar-refractivity contribution is 0.303. The quantitative estimate of drug-likeness (QED) is 0.500. The van der Waals surface area contributed by atoms with E-state index in [2.05, 4.69) is 31.9 Å². The van der Waals surface area contributed by atoms with Crippen molar-refractivity contribution in [2.75, 3.05) is 0 Å². The molecule has 0 fully saturated rings. The van der Waals surface area contributed by atoms with Crippen molar-refractivity contribution in [3.8, 4) is 5.75 Å². The summed E-state index contributed by atoms with van der Waals surface area (Å²) < 4.78 is 19.4. The van der Waals surface area contributed by atoms with Gasteiger partial charge in [-0.3, -0.25) is 0 Å². The van der Waals surface area contributed by atoms with E-state index in [1.807, 2.05) is 0 Å². The third kappa shape index (κ3) is 3.88. The molecule has 1 nitrogen and oxygen atoms in total. The second kappa shape index (κ2) is 7.12. The van der Waals surface area contributed by atoms with Crippen molar-refractivity contribution in [2.24, 2.45) is 0 Å². The minimum Gasteiger partial charge on any atom is -0.487 e. The first kappa shape index (κ1) is 16.1. The van der Waals surface area contributed by atoms with Crippen LogP contribution in [-0.4, -0.2) is 0 Å². The van der Waals surface area contributed by atoms with E-state index in [-0.39, 0.29) is 12.4 Å². The fourth-order valence-electron chi connectivity index (χ4n) is 1.66. The molecule has 0 N–H and O–H groups in total. The Balaban J connectivity index is 2.22. The van der Waals surface area contributed by atoms with Gasteiger partial charge >= 0.3 is 0 Å². The Labute approximate surface area is 143 Å². The Bertz CT molecular complexity index is 635. The Kier molecular flexibility index (Phi) is 5.73. The van der Waals surface area contributed by atoms with Crippen LogP contribution in [0, 0.1) is 5.82 Å². The first-order valence-corrected chi connectivity index (χ1v) is 8.29. The molecule has 0 saturated heterocycles. The molecule has 2 rings (SSSR count). The van der Waals surface area contributed by atoms with Gasteiger partial charge in [0.25, 0.3) is 0 Å². The predicted molar refractivity (Wildman–Crippen MR) is 87.5 cm³/mol. The van der Waals surface area contributed by atoms with Crippen LogP contribution in [0.25, 0.3) is 0 Å². The highest BCUT2D eigenvalue weighted by Gasteiger charge is 2.11. The zero-order valence-electron chi connectivity index (χ0n) is 10.1. The highest BCUT2D eigenvalue weighted by molar-refractivity contribution is 9.10. The van der Waals surface area contributed by atoms with E-state index in [0.717, 1.165) is 11.1 Å². The van der Waals surface area contributed by atoms with E-state index in [0.29, 0.717) is 25.6 Å². The van der Waals surface area contributed by atoms with Gasteiger partial charge in [-0.2, -0.15) is 0 Å². The van der Waals surface area contributed by atoms with E-state index in [1.54, 1.807) is 18.2 Å². The summed E-state index contributed by atoms with van der Waals surface area (Å²) in [5.41, 5.74) is 1.69. The molecule has 0 unspecified atom stereocenters. The van der Waals surface area contributed by atoms with Gasteiger partial charge in [0.1, 0.15) is 18.2 Å². The maximum Gasteiger partial charge on any atom is 0.142 e. The van der Waals surface area contributed by atoms with Gasteiger partial charge in [0.15, 0.2) is 0 Å². The van der Waals surface area contributed by atoms with Crippen LogP contribution in [0.5, 0.6) is 5.75 Å². The third-order valence-electron chi connectivity index (χ3n) is 2.62. The van der Waals surface area contributed by atoms with Crippen molar-refractivity contribution in [3.63, 3.8) is 0 Å². The fourth-order valence-corrected chi connectivity index (χ4v) is 3.14. The molecule has 6 heteroatoms. The van der Waals surface area contributed by atoms with Crippen LogP contribution in [-0.2, 0) is 11.9 Å². The Morgan fingerprint density at radius 3 is 2.50 bits per heavy atom. The second-order valence-electron chi connectivity index (χ2n) is 4.03. The van der Waals surface area contributed by atoms with E-state index in [4.69, 9.17) is 27.9 Å². The van der Waals surface area contributed by atoms with Gasteiger partial charge in [0, 0.05) is 26.0 Å². The van der Waals surface area contributed by atoms with Crippen molar-refractivity contribution in [1.29, 1.82) is 0 Å². The van der Waals surface area contributed by atoms with Crippen molar-refractivity contribution in [1.82, 2.24) is 0 Å². The average Bonchev–Trinajstić information content (AvgIpc) is 2.38. The zero-order chi connectivity index (χ0) is 14.7. The van der Waals surface area contributed by atoms with Crippen molar-refractivity contribution in [2.45, 2.75) is 11.9 Å². The Morgan fingerprint density at radius 1 is 1.10 bits per heavy atom. The molecule has 0 atom stereocenters.